The molecule has 0 radical (unpaired) electrons. The summed E-state index contributed by atoms with van der Waals surface area (Å²) < 4.78 is 1.87. The van der Waals surface area contributed by atoms with Crippen LogP contribution in [0.15, 0.2) is 24.8 Å². The molecule has 0 unspecified atom stereocenters. The van der Waals surface area contributed by atoms with Gasteiger partial charge in [0, 0.05) is 22.8 Å². The van der Waals surface area contributed by atoms with Gasteiger partial charge in [-0.3, -0.25) is 4.79 Å². The SMILES string of the molecule is Cc1ccc(CC(=O)N2CCC[C@@H](n3cncn3)C2)s1. The van der Waals surface area contributed by atoms with Crippen LogP contribution in [-0.2, 0) is 11.2 Å². The molecule has 2 aromatic rings. The van der Waals surface area contributed by atoms with Gasteiger partial charge >= 0.3 is 0 Å². The Bertz CT molecular complexity index is 578. The van der Waals surface area contributed by atoms with Gasteiger partial charge in [-0.2, -0.15) is 5.10 Å². The van der Waals surface area contributed by atoms with Crippen LogP contribution in [0.3, 0.4) is 0 Å². The van der Waals surface area contributed by atoms with Crippen LogP contribution < -0.4 is 0 Å². The normalized spacial score (nSPS) is 19.2. The quantitative estimate of drug-likeness (QED) is 0.869. The summed E-state index contributed by atoms with van der Waals surface area (Å²) in [5.74, 6) is 0.219. The number of rotatable bonds is 3. The number of amides is 1. The van der Waals surface area contributed by atoms with E-state index in [1.54, 1.807) is 24.0 Å². The van der Waals surface area contributed by atoms with Crippen molar-refractivity contribution >= 4 is 17.2 Å². The van der Waals surface area contributed by atoms with Gasteiger partial charge in [0.2, 0.25) is 5.91 Å². The first kappa shape index (κ1) is 13.3. The molecule has 6 heteroatoms. The first-order valence-corrected chi connectivity index (χ1v) is 7.71. The van der Waals surface area contributed by atoms with Crippen molar-refractivity contribution in [2.45, 2.75) is 32.2 Å². The van der Waals surface area contributed by atoms with E-state index in [2.05, 4.69) is 29.1 Å². The lowest BCUT2D eigenvalue weighted by Gasteiger charge is -2.32. The molecule has 0 aliphatic carbocycles. The van der Waals surface area contributed by atoms with E-state index in [1.165, 1.54) is 4.88 Å². The summed E-state index contributed by atoms with van der Waals surface area (Å²) in [6, 6.07) is 4.39. The van der Waals surface area contributed by atoms with Crippen molar-refractivity contribution in [3.05, 3.63) is 34.5 Å². The molecule has 3 heterocycles. The fraction of sp³-hybridized carbons (Fsp3) is 0.500. The summed E-state index contributed by atoms with van der Waals surface area (Å²) in [6.07, 6.45) is 5.89. The highest BCUT2D eigenvalue weighted by molar-refractivity contribution is 7.12. The van der Waals surface area contributed by atoms with Crippen molar-refractivity contribution in [1.29, 1.82) is 0 Å². The number of hydrogen-bond acceptors (Lipinski definition) is 4. The van der Waals surface area contributed by atoms with Gasteiger partial charge in [-0.1, -0.05) is 0 Å². The average Bonchev–Trinajstić information content (AvgIpc) is 3.11. The zero-order valence-electron chi connectivity index (χ0n) is 11.5. The number of aromatic nitrogens is 3. The molecule has 1 fully saturated rings. The molecule has 1 aliphatic heterocycles. The Morgan fingerprint density at radius 3 is 3.10 bits per heavy atom. The average molecular weight is 290 g/mol. The smallest absolute Gasteiger partial charge is 0.227 e. The van der Waals surface area contributed by atoms with Crippen LogP contribution in [0.2, 0.25) is 0 Å². The predicted octanol–water partition coefficient (Wildman–Crippen LogP) is 2.05. The largest absolute Gasteiger partial charge is 0.340 e. The zero-order chi connectivity index (χ0) is 13.9. The fourth-order valence-corrected chi connectivity index (χ4v) is 3.53. The second-order valence-electron chi connectivity index (χ2n) is 5.20. The van der Waals surface area contributed by atoms with Crippen molar-refractivity contribution in [2.75, 3.05) is 13.1 Å². The highest BCUT2D eigenvalue weighted by Gasteiger charge is 2.25. The van der Waals surface area contributed by atoms with Crippen LogP contribution in [0.5, 0.6) is 0 Å². The number of carbonyl (C=O) groups excluding carboxylic acids is 1. The van der Waals surface area contributed by atoms with Crippen molar-refractivity contribution in [2.24, 2.45) is 0 Å². The third-order valence-electron chi connectivity index (χ3n) is 3.68. The lowest BCUT2D eigenvalue weighted by Crippen LogP contribution is -2.41. The minimum absolute atomic E-state index is 0.219. The van der Waals surface area contributed by atoms with E-state index >= 15 is 0 Å². The lowest BCUT2D eigenvalue weighted by molar-refractivity contribution is -0.132. The summed E-state index contributed by atoms with van der Waals surface area (Å²) in [6.45, 7) is 3.67. The Kier molecular flexibility index (Phi) is 3.82. The number of carbonyl (C=O) groups is 1. The number of likely N-dealkylation sites (tertiary alicyclic amines) is 1. The van der Waals surface area contributed by atoms with Gasteiger partial charge in [0.25, 0.3) is 0 Å². The summed E-state index contributed by atoms with van der Waals surface area (Å²) in [4.78, 5) is 20.7. The summed E-state index contributed by atoms with van der Waals surface area (Å²) in [5.41, 5.74) is 0. The van der Waals surface area contributed by atoms with Gasteiger partial charge in [-0.15, -0.1) is 11.3 Å². The van der Waals surface area contributed by atoms with Gasteiger partial charge in [0.1, 0.15) is 12.7 Å². The van der Waals surface area contributed by atoms with Crippen LogP contribution in [0, 0.1) is 6.92 Å². The Balaban J connectivity index is 1.63. The van der Waals surface area contributed by atoms with Gasteiger partial charge in [-0.25, -0.2) is 9.67 Å². The molecule has 0 N–H and O–H groups in total. The summed E-state index contributed by atoms with van der Waals surface area (Å²) in [5, 5.41) is 4.19. The van der Waals surface area contributed by atoms with Crippen LogP contribution >= 0.6 is 11.3 Å². The minimum atomic E-state index is 0.219. The van der Waals surface area contributed by atoms with E-state index in [1.807, 2.05) is 9.58 Å². The molecule has 1 saturated heterocycles. The number of aryl methyl sites for hydroxylation is 1. The molecule has 106 valence electrons. The molecule has 3 rings (SSSR count). The van der Waals surface area contributed by atoms with Gasteiger partial charge in [0.05, 0.1) is 12.5 Å². The van der Waals surface area contributed by atoms with Gasteiger partial charge in [0.15, 0.2) is 0 Å². The molecule has 1 aliphatic rings. The van der Waals surface area contributed by atoms with E-state index in [0.717, 1.165) is 30.8 Å². The van der Waals surface area contributed by atoms with Crippen LogP contribution in [0.4, 0.5) is 0 Å². The zero-order valence-corrected chi connectivity index (χ0v) is 12.3. The molecule has 0 spiro atoms. The highest BCUT2D eigenvalue weighted by Crippen LogP contribution is 2.22. The first-order valence-electron chi connectivity index (χ1n) is 6.89. The number of piperidine rings is 1. The fourth-order valence-electron chi connectivity index (χ4n) is 2.64. The number of thiophene rings is 1. The standard InChI is InChI=1S/C14H18N4OS/c1-11-4-5-13(20-11)7-14(19)17-6-2-3-12(8-17)18-10-15-9-16-18/h4-5,9-10,12H,2-3,6-8H2,1H3/t12-/m1/s1. The Morgan fingerprint density at radius 2 is 2.40 bits per heavy atom. The number of nitrogens with zero attached hydrogens (tertiary/aromatic N) is 4. The second kappa shape index (κ2) is 5.75. The summed E-state index contributed by atoms with van der Waals surface area (Å²) in [7, 11) is 0. The third kappa shape index (κ3) is 2.90. The van der Waals surface area contributed by atoms with Crippen LogP contribution in [-0.4, -0.2) is 38.7 Å². The Hall–Kier alpha value is -1.69. The third-order valence-corrected chi connectivity index (χ3v) is 4.68. The molecule has 1 atom stereocenters. The van der Waals surface area contributed by atoms with Crippen LogP contribution in [0.1, 0.15) is 28.6 Å². The minimum Gasteiger partial charge on any atom is -0.340 e. The van der Waals surface area contributed by atoms with Gasteiger partial charge < -0.3 is 4.90 Å². The molecule has 0 bridgehead atoms. The van der Waals surface area contributed by atoms with E-state index in [9.17, 15) is 4.79 Å². The van der Waals surface area contributed by atoms with E-state index in [4.69, 9.17) is 0 Å². The maximum absolute atomic E-state index is 12.4. The molecule has 0 saturated carbocycles. The predicted molar refractivity (Wildman–Crippen MR) is 77.6 cm³/mol. The van der Waals surface area contributed by atoms with Crippen molar-refractivity contribution in [3.8, 4) is 0 Å². The maximum Gasteiger partial charge on any atom is 0.227 e. The first-order chi connectivity index (χ1) is 9.72. The van der Waals surface area contributed by atoms with Gasteiger partial charge in [-0.05, 0) is 31.9 Å². The molecule has 20 heavy (non-hydrogen) atoms. The van der Waals surface area contributed by atoms with E-state index in [-0.39, 0.29) is 11.9 Å². The number of hydrogen-bond donors (Lipinski definition) is 0. The topological polar surface area (TPSA) is 51.0 Å². The molecular formula is C14H18N4OS. The van der Waals surface area contributed by atoms with E-state index in [0.29, 0.717) is 6.42 Å². The van der Waals surface area contributed by atoms with Crippen molar-refractivity contribution in [1.82, 2.24) is 19.7 Å². The Morgan fingerprint density at radius 1 is 1.50 bits per heavy atom. The monoisotopic (exact) mass is 290 g/mol. The van der Waals surface area contributed by atoms with E-state index < -0.39 is 0 Å². The van der Waals surface area contributed by atoms with Crippen LogP contribution in [0.25, 0.3) is 0 Å². The maximum atomic E-state index is 12.4. The Labute approximate surface area is 122 Å². The highest BCUT2D eigenvalue weighted by atomic mass is 32.1. The van der Waals surface area contributed by atoms with Crippen molar-refractivity contribution in [3.63, 3.8) is 0 Å². The molecule has 5 nitrogen and oxygen atoms in total. The molecular weight excluding hydrogens is 272 g/mol. The molecule has 1 amide bonds. The molecule has 0 aromatic carbocycles. The lowest BCUT2D eigenvalue weighted by atomic mass is 10.1. The summed E-state index contributed by atoms with van der Waals surface area (Å²) >= 11 is 1.70. The van der Waals surface area contributed by atoms with Crippen molar-refractivity contribution < 1.29 is 4.79 Å². The molecule has 2 aromatic heterocycles. The second-order valence-corrected chi connectivity index (χ2v) is 6.57.